The van der Waals surface area contributed by atoms with Gasteiger partial charge in [0.1, 0.15) is 12.6 Å². The van der Waals surface area contributed by atoms with E-state index in [1.165, 1.54) is 77.0 Å². The number of quaternary nitrogens is 1. The minimum atomic E-state index is -0.633. The predicted molar refractivity (Wildman–Crippen MR) is 347 cm³/mol. The molecule has 4 amide bonds. The SMILES string of the molecule is CCCCCCCCCCCC(=O)N(CCCCN(CCCN1C(=O)C(CCCCN)[N+]12C(=O)[C@H](CCCCN)N2N[C@@H](C=O)CCCCN)C(=O)CCCCCCCCCCC)CCCNN[C@@H](CCCCN)C(=O)CN[C@@H](C=O)CCCCN. The van der Waals surface area contributed by atoms with E-state index in [0.29, 0.717) is 142 Å². The summed E-state index contributed by atoms with van der Waals surface area (Å²) in [7, 11) is 0. The van der Waals surface area contributed by atoms with Crippen LogP contribution >= 0.6 is 0 Å². The molecule has 0 aromatic heterocycles. The van der Waals surface area contributed by atoms with Crippen LogP contribution < -0.4 is 50.3 Å². The third-order valence-corrected chi connectivity index (χ3v) is 17.5. The fourth-order valence-corrected chi connectivity index (χ4v) is 12.2. The van der Waals surface area contributed by atoms with Crippen LogP contribution in [0, 0.1) is 0 Å². The predicted octanol–water partition coefficient (Wildman–Crippen LogP) is 7.02. The number of carbonyl (C=O) groups excluding carboxylic acids is 7. The van der Waals surface area contributed by atoms with Gasteiger partial charge < -0.3 is 53.4 Å². The van der Waals surface area contributed by atoms with Crippen molar-refractivity contribution >= 4 is 42.0 Å². The van der Waals surface area contributed by atoms with E-state index in [9.17, 15) is 33.6 Å². The Balaban J connectivity index is 2.28. The number of nitrogens with zero attached hydrogens (tertiary/aromatic N) is 5. The largest absolute Gasteiger partial charge is 0.384 e. The molecule has 21 heteroatoms. The van der Waals surface area contributed by atoms with E-state index in [1.54, 1.807) is 5.01 Å². The fraction of sp³-hybridized carbons (Fsp3) is 0.892. The van der Waals surface area contributed by atoms with Crippen LogP contribution in [0.25, 0.3) is 0 Å². The third-order valence-electron chi connectivity index (χ3n) is 17.5. The number of aldehydes is 2. The topological polar surface area (TPSA) is 311 Å². The van der Waals surface area contributed by atoms with Crippen molar-refractivity contribution in [1.29, 1.82) is 0 Å². The number of nitrogens with one attached hydrogen (secondary N) is 4. The minimum Gasteiger partial charge on any atom is -0.343 e. The van der Waals surface area contributed by atoms with E-state index < -0.39 is 30.2 Å². The van der Waals surface area contributed by atoms with Crippen molar-refractivity contribution in [2.75, 3.05) is 78.5 Å². The Labute approximate surface area is 521 Å². The fourth-order valence-electron chi connectivity index (χ4n) is 12.2. The molecular weight excluding hydrogens is 1090 g/mol. The van der Waals surface area contributed by atoms with Gasteiger partial charge in [-0.15, -0.1) is 0 Å². The zero-order chi connectivity index (χ0) is 62.9. The molecule has 1 spiro atoms. The maximum absolute atomic E-state index is 14.7. The van der Waals surface area contributed by atoms with Crippen LogP contribution in [-0.2, 0) is 33.6 Å². The highest BCUT2D eigenvalue weighted by Gasteiger charge is 2.79. The van der Waals surface area contributed by atoms with Crippen LogP contribution in [0.2, 0.25) is 0 Å². The quantitative estimate of drug-likeness (QED) is 0.0128. The van der Waals surface area contributed by atoms with E-state index in [2.05, 4.69) is 35.4 Å². The number of amides is 4. The number of Topliss-reactive ketones (excluding diaryl/α,β-unsaturated/α-hetero) is 1. The monoisotopic (exact) mass is 1220 g/mol. The van der Waals surface area contributed by atoms with Crippen molar-refractivity contribution in [1.82, 2.24) is 41.5 Å². The van der Waals surface area contributed by atoms with Gasteiger partial charge in [0.2, 0.25) is 17.9 Å². The number of nitrogens with two attached hydrogens (primary N) is 5. The van der Waals surface area contributed by atoms with Crippen molar-refractivity contribution in [2.45, 2.75) is 294 Å². The Kier molecular flexibility index (Phi) is 47.1. The molecule has 0 aliphatic carbocycles. The molecule has 6 atom stereocenters. The summed E-state index contributed by atoms with van der Waals surface area (Å²) in [4.78, 5) is 98.9. The molecule has 21 nitrogen and oxygen atoms in total. The average molecular weight is 1220 g/mol. The molecule has 2 aliphatic heterocycles. The molecule has 0 aromatic rings. The van der Waals surface area contributed by atoms with Crippen molar-refractivity contribution in [3.05, 3.63) is 0 Å². The molecule has 2 unspecified atom stereocenters. The molecule has 14 N–H and O–H groups in total. The van der Waals surface area contributed by atoms with Crippen LogP contribution in [0.3, 0.4) is 0 Å². The first-order chi connectivity index (χ1) is 42.0. The zero-order valence-electron chi connectivity index (χ0n) is 54.6. The lowest BCUT2D eigenvalue weighted by molar-refractivity contribution is -1.13. The van der Waals surface area contributed by atoms with Crippen LogP contribution in [0.1, 0.15) is 264 Å². The van der Waals surface area contributed by atoms with Crippen LogP contribution in [-0.4, -0.2) is 175 Å². The highest BCUT2D eigenvalue weighted by atomic mass is 16.3. The maximum atomic E-state index is 14.7. The molecule has 500 valence electrons. The van der Waals surface area contributed by atoms with Crippen molar-refractivity contribution in [3.63, 3.8) is 0 Å². The summed E-state index contributed by atoms with van der Waals surface area (Å²) in [6.45, 7) is 9.92. The van der Waals surface area contributed by atoms with Gasteiger partial charge >= 0.3 is 11.8 Å². The van der Waals surface area contributed by atoms with E-state index in [4.69, 9.17) is 28.7 Å². The molecule has 0 radical (unpaired) electrons. The maximum Gasteiger partial charge on any atom is 0.384 e. The van der Waals surface area contributed by atoms with Gasteiger partial charge in [0, 0.05) is 52.0 Å². The minimum absolute atomic E-state index is 0.0344. The van der Waals surface area contributed by atoms with Crippen LogP contribution in [0.15, 0.2) is 0 Å². The number of rotatable bonds is 63. The molecule has 2 rings (SSSR count). The molecule has 2 aliphatic rings. The molecule has 86 heavy (non-hydrogen) atoms. The Morgan fingerprint density at radius 3 is 1.47 bits per heavy atom. The first-order valence-corrected chi connectivity index (χ1v) is 35.0. The van der Waals surface area contributed by atoms with Gasteiger partial charge in [0.05, 0.1) is 31.2 Å². The number of hydrogen-bond donors (Lipinski definition) is 9. The highest BCUT2D eigenvalue weighted by molar-refractivity contribution is 5.92. The van der Waals surface area contributed by atoms with Crippen LogP contribution in [0.5, 0.6) is 0 Å². The summed E-state index contributed by atoms with van der Waals surface area (Å²) in [5, 5.41) is 6.65. The lowest BCUT2D eigenvalue weighted by Gasteiger charge is -2.65. The van der Waals surface area contributed by atoms with E-state index in [1.807, 2.05) is 14.9 Å². The number of ketones is 1. The van der Waals surface area contributed by atoms with Gasteiger partial charge in [-0.2, -0.15) is 10.4 Å². The highest BCUT2D eigenvalue weighted by Crippen LogP contribution is 2.46. The van der Waals surface area contributed by atoms with Crippen molar-refractivity contribution < 1.29 is 38.3 Å². The summed E-state index contributed by atoms with van der Waals surface area (Å²) in [5.41, 5.74) is 39.0. The lowest BCUT2D eigenvalue weighted by Crippen LogP contribution is -2.99. The number of carbonyl (C=O) groups is 7. The Morgan fingerprint density at radius 2 is 0.965 bits per heavy atom. The summed E-state index contributed by atoms with van der Waals surface area (Å²) in [5.74, 6) is 0.00435. The van der Waals surface area contributed by atoms with Gasteiger partial charge in [-0.05, 0) is 147 Å². The molecule has 2 saturated heterocycles. The Hall–Kier alpha value is -3.35. The standard InChI is InChI=1S/C65H129N14O7/c1-3-5-7-9-11-13-15-17-19-40-62(83)75(50-33-47-72-73-58(37-23-28-44-68)61(82)53-71-56(54-80)35-21-26-42-66)48-31-32-49-76(63(84)41-20-18-16-14-12-10-8-6-4-2)51-34-52-77-64(85)60(39-25-30-46-70)79(77)65(86)59(38-24-29-45-69)78(79)74-57(55-81)36-22-27-43-67/h54-60,71-74H,3-53,66-70H2,1-2H3/q+1/t56-,57-,58+,59+,60?,79?/m1/s1. The zero-order valence-corrected chi connectivity index (χ0v) is 54.6. The smallest absolute Gasteiger partial charge is 0.343 e. The summed E-state index contributed by atoms with van der Waals surface area (Å²) in [6.07, 6.45) is 36.4. The Morgan fingerprint density at radius 1 is 0.523 bits per heavy atom. The van der Waals surface area contributed by atoms with Gasteiger partial charge in [0.15, 0.2) is 11.8 Å². The second kappa shape index (κ2) is 51.4. The number of unbranched alkanes of at least 4 members (excludes halogenated alkanes) is 22. The summed E-state index contributed by atoms with van der Waals surface area (Å²) in [6, 6.07) is -2.60. The molecule has 0 bridgehead atoms. The van der Waals surface area contributed by atoms with Gasteiger partial charge in [0.25, 0.3) is 0 Å². The second-order valence-electron chi connectivity index (χ2n) is 24.7. The average Bonchev–Trinajstić information content (AvgIpc) is 0.673. The lowest BCUT2D eigenvalue weighted by atomic mass is 9.94. The molecule has 0 aromatic carbocycles. The first kappa shape index (κ1) is 78.7. The molecular formula is C65H129N14O7+. The first-order valence-electron chi connectivity index (χ1n) is 35.0. The van der Waals surface area contributed by atoms with Gasteiger partial charge in [-0.3, -0.25) is 24.6 Å². The summed E-state index contributed by atoms with van der Waals surface area (Å²) < 4.78 is -0.289. The van der Waals surface area contributed by atoms with Crippen molar-refractivity contribution in [3.8, 4) is 0 Å². The van der Waals surface area contributed by atoms with E-state index in [0.717, 1.165) is 109 Å². The van der Waals surface area contributed by atoms with E-state index >= 15 is 0 Å². The van der Waals surface area contributed by atoms with Crippen LogP contribution in [0.4, 0.5) is 0 Å². The van der Waals surface area contributed by atoms with Gasteiger partial charge in [-0.1, -0.05) is 141 Å². The normalized spacial score (nSPS) is 17.8. The molecule has 2 heterocycles. The number of hydrazine groups is 2. The molecule has 0 saturated carbocycles. The van der Waals surface area contributed by atoms with Crippen molar-refractivity contribution in [2.24, 2.45) is 28.7 Å². The van der Waals surface area contributed by atoms with E-state index in [-0.39, 0.29) is 47.2 Å². The Bertz CT molecular complexity index is 1790. The third kappa shape index (κ3) is 30.4. The summed E-state index contributed by atoms with van der Waals surface area (Å²) >= 11 is 0. The molecule has 2 fully saturated rings. The number of hydrogen-bond acceptors (Lipinski definition) is 17. The van der Waals surface area contributed by atoms with Gasteiger partial charge in [-0.25, -0.2) is 10.2 Å². The second-order valence-corrected chi connectivity index (χ2v) is 24.7.